The number of hydrogen-bond acceptors (Lipinski definition) is 4. The van der Waals surface area contributed by atoms with Crippen molar-refractivity contribution < 1.29 is 14.3 Å². The molecule has 1 amide bonds. The predicted octanol–water partition coefficient (Wildman–Crippen LogP) is 5.25. The summed E-state index contributed by atoms with van der Waals surface area (Å²) in [6, 6.07) is 22.0. The highest BCUT2D eigenvalue weighted by Crippen LogP contribution is 2.28. The Morgan fingerprint density at radius 2 is 1.56 bits per heavy atom. The van der Waals surface area contributed by atoms with Crippen molar-refractivity contribution in [3.63, 3.8) is 0 Å². The third kappa shape index (κ3) is 5.00. The van der Waals surface area contributed by atoms with E-state index in [9.17, 15) is 4.79 Å². The van der Waals surface area contributed by atoms with E-state index in [-0.39, 0.29) is 5.91 Å². The van der Waals surface area contributed by atoms with Gasteiger partial charge in [0.15, 0.2) is 0 Å². The van der Waals surface area contributed by atoms with E-state index in [1.54, 1.807) is 14.2 Å². The quantitative estimate of drug-likeness (QED) is 0.345. The third-order valence-corrected chi connectivity index (χ3v) is 7.12. The van der Waals surface area contributed by atoms with E-state index < -0.39 is 0 Å². The largest absolute Gasteiger partial charge is 0.497 e. The van der Waals surface area contributed by atoms with Gasteiger partial charge in [0.2, 0.25) is 5.91 Å². The molecule has 3 aromatic carbocycles. The van der Waals surface area contributed by atoms with Gasteiger partial charge in [-0.2, -0.15) is 0 Å². The minimum absolute atomic E-state index is 0.153. The number of rotatable bonds is 7. The average Bonchev–Trinajstić information content (AvgIpc) is 3.25. The number of benzene rings is 3. The number of anilines is 1. The van der Waals surface area contributed by atoms with Crippen molar-refractivity contribution in [2.24, 2.45) is 0 Å². The average molecular weight is 504 g/mol. The second-order valence-corrected chi connectivity index (χ2v) is 9.42. The van der Waals surface area contributed by atoms with E-state index in [0.717, 1.165) is 57.3 Å². The fourth-order valence-corrected chi connectivity index (χ4v) is 5.18. The molecule has 0 bridgehead atoms. The van der Waals surface area contributed by atoms with Crippen LogP contribution in [-0.4, -0.2) is 55.8 Å². The predicted molar refractivity (Wildman–Crippen MR) is 145 cm³/mol. The SMILES string of the molecule is COc1cc(Cn2cc(CC(=O)N3CCN(c4ccccc4Cl)CC3)c3ccccc32)cc(OC)c1. The summed E-state index contributed by atoms with van der Waals surface area (Å²) in [7, 11) is 3.31. The number of carbonyl (C=O) groups is 1. The molecule has 36 heavy (non-hydrogen) atoms. The van der Waals surface area contributed by atoms with Gasteiger partial charge in [-0.3, -0.25) is 4.79 Å². The number of halogens is 1. The second-order valence-electron chi connectivity index (χ2n) is 9.02. The first-order valence-corrected chi connectivity index (χ1v) is 12.5. The number of amides is 1. The maximum absolute atomic E-state index is 13.3. The Bertz CT molecular complexity index is 1350. The van der Waals surface area contributed by atoms with E-state index in [1.165, 1.54) is 0 Å². The lowest BCUT2D eigenvalue weighted by molar-refractivity contribution is -0.130. The van der Waals surface area contributed by atoms with Gasteiger partial charge in [-0.25, -0.2) is 0 Å². The first kappa shape index (κ1) is 24.1. The van der Waals surface area contributed by atoms with Crippen LogP contribution in [0.4, 0.5) is 5.69 Å². The fraction of sp³-hybridized carbons (Fsp3) is 0.276. The van der Waals surface area contributed by atoms with Gasteiger partial charge in [0.25, 0.3) is 0 Å². The molecular formula is C29H30ClN3O3. The molecule has 2 heterocycles. The molecule has 1 aromatic heterocycles. The fourth-order valence-electron chi connectivity index (χ4n) is 4.93. The molecule has 186 valence electrons. The van der Waals surface area contributed by atoms with Crippen molar-refractivity contribution in [1.29, 1.82) is 0 Å². The summed E-state index contributed by atoms with van der Waals surface area (Å²) >= 11 is 6.37. The van der Waals surface area contributed by atoms with Crippen molar-refractivity contribution >= 4 is 34.1 Å². The molecule has 0 spiro atoms. The van der Waals surface area contributed by atoms with Crippen LogP contribution >= 0.6 is 11.6 Å². The summed E-state index contributed by atoms with van der Waals surface area (Å²) in [6.07, 6.45) is 2.48. The van der Waals surface area contributed by atoms with Crippen LogP contribution in [0.2, 0.25) is 5.02 Å². The molecule has 0 atom stereocenters. The monoisotopic (exact) mass is 503 g/mol. The van der Waals surface area contributed by atoms with Gasteiger partial charge >= 0.3 is 0 Å². The zero-order valence-corrected chi connectivity index (χ0v) is 21.4. The van der Waals surface area contributed by atoms with E-state index in [2.05, 4.69) is 27.8 Å². The normalized spacial score (nSPS) is 13.8. The highest BCUT2D eigenvalue weighted by molar-refractivity contribution is 6.33. The van der Waals surface area contributed by atoms with Crippen LogP contribution in [0.5, 0.6) is 11.5 Å². The number of methoxy groups -OCH3 is 2. The maximum Gasteiger partial charge on any atom is 0.227 e. The Morgan fingerprint density at radius 1 is 0.889 bits per heavy atom. The minimum Gasteiger partial charge on any atom is -0.497 e. The van der Waals surface area contributed by atoms with Crippen molar-refractivity contribution in [2.45, 2.75) is 13.0 Å². The highest BCUT2D eigenvalue weighted by Gasteiger charge is 2.23. The molecule has 0 aliphatic carbocycles. The van der Waals surface area contributed by atoms with Gasteiger partial charge in [-0.15, -0.1) is 0 Å². The third-order valence-electron chi connectivity index (χ3n) is 6.80. The molecule has 7 heteroatoms. The zero-order valence-electron chi connectivity index (χ0n) is 20.6. The van der Waals surface area contributed by atoms with Crippen molar-refractivity contribution in [2.75, 3.05) is 45.3 Å². The molecule has 0 radical (unpaired) electrons. The zero-order chi connectivity index (χ0) is 25.1. The number of para-hydroxylation sites is 2. The standard InChI is InChI=1S/C29H30ClN3O3/c1-35-23-15-21(16-24(18-23)36-2)19-33-20-22(25-7-3-5-9-27(25)33)17-29(34)32-13-11-31(12-14-32)28-10-6-4-8-26(28)30/h3-10,15-16,18,20H,11-14,17,19H2,1-2H3. The summed E-state index contributed by atoms with van der Waals surface area (Å²) in [5.74, 6) is 1.67. The maximum atomic E-state index is 13.3. The molecule has 0 saturated carbocycles. The highest BCUT2D eigenvalue weighted by atomic mass is 35.5. The Hall–Kier alpha value is -3.64. The number of carbonyl (C=O) groups excluding carboxylic acids is 1. The minimum atomic E-state index is 0.153. The lowest BCUT2D eigenvalue weighted by Crippen LogP contribution is -2.49. The van der Waals surface area contributed by atoms with Crippen LogP contribution in [0.3, 0.4) is 0 Å². The van der Waals surface area contributed by atoms with Crippen LogP contribution in [-0.2, 0) is 17.8 Å². The first-order valence-electron chi connectivity index (χ1n) is 12.1. The van der Waals surface area contributed by atoms with Gasteiger partial charge in [0.1, 0.15) is 11.5 Å². The molecule has 1 aliphatic rings. The number of nitrogens with zero attached hydrogens (tertiary/aromatic N) is 3. The topological polar surface area (TPSA) is 46.9 Å². The van der Waals surface area contributed by atoms with Gasteiger partial charge in [0, 0.05) is 55.9 Å². The first-order chi connectivity index (χ1) is 17.6. The molecule has 1 saturated heterocycles. The summed E-state index contributed by atoms with van der Waals surface area (Å²) in [5, 5.41) is 1.86. The van der Waals surface area contributed by atoms with Gasteiger partial charge in [-0.05, 0) is 41.5 Å². The van der Waals surface area contributed by atoms with E-state index in [4.69, 9.17) is 21.1 Å². The molecule has 1 fully saturated rings. The van der Waals surface area contributed by atoms with Gasteiger partial charge in [-0.1, -0.05) is 41.9 Å². The molecule has 1 aliphatic heterocycles. The Morgan fingerprint density at radius 3 is 2.25 bits per heavy atom. The van der Waals surface area contributed by atoms with Gasteiger partial charge in [0.05, 0.1) is 31.4 Å². The molecule has 6 nitrogen and oxygen atoms in total. The van der Waals surface area contributed by atoms with E-state index in [1.807, 2.05) is 59.5 Å². The van der Waals surface area contributed by atoms with Crippen LogP contribution in [0.1, 0.15) is 11.1 Å². The summed E-state index contributed by atoms with van der Waals surface area (Å²) in [6.45, 7) is 3.57. The van der Waals surface area contributed by atoms with Crippen LogP contribution in [0.15, 0.2) is 72.9 Å². The smallest absolute Gasteiger partial charge is 0.227 e. The number of fused-ring (bicyclic) bond motifs is 1. The molecule has 0 N–H and O–H groups in total. The Kier molecular flexibility index (Phi) is 7.05. The molecular weight excluding hydrogens is 474 g/mol. The summed E-state index contributed by atoms with van der Waals surface area (Å²) < 4.78 is 13.1. The molecule has 0 unspecified atom stereocenters. The van der Waals surface area contributed by atoms with Crippen LogP contribution in [0.25, 0.3) is 10.9 Å². The molecule has 5 rings (SSSR count). The van der Waals surface area contributed by atoms with E-state index in [0.29, 0.717) is 26.1 Å². The number of piperazine rings is 1. The van der Waals surface area contributed by atoms with E-state index >= 15 is 0 Å². The second kappa shape index (κ2) is 10.5. The number of ether oxygens (including phenoxy) is 2. The lowest BCUT2D eigenvalue weighted by atomic mass is 10.1. The van der Waals surface area contributed by atoms with Crippen LogP contribution < -0.4 is 14.4 Å². The number of hydrogen-bond donors (Lipinski definition) is 0. The number of aromatic nitrogens is 1. The van der Waals surface area contributed by atoms with Crippen molar-refractivity contribution in [3.05, 3.63) is 89.1 Å². The summed E-state index contributed by atoms with van der Waals surface area (Å²) in [5.41, 5.74) is 4.24. The summed E-state index contributed by atoms with van der Waals surface area (Å²) in [4.78, 5) is 17.5. The van der Waals surface area contributed by atoms with Crippen LogP contribution in [0, 0.1) is 0 Å². The molecule has 4 aromatic rings. The Balaban J connectivity index is 1.32. The van der Waals surface area contributed by atoms with Gasteiger partial charge < -0.3 is 23.8 Å². The van der Waals surface area contributed by atoms with Crippen molar-refractivity contribution in [3.8, 4) is 11.5 Å². The Labute approximate surface area is 216 Å². The van der Waals surface area contributed by atoms with Crippen molar-refractivity contribution in [1.82, 2.24) is 9.47 Å². The lowest BCUT2D eigenvalue weighted by Gasteiger charge is -2.36.